The molecule has 0 nitrogen and oxygen atoms in total. The van der Waals surface area contributed by atoms with Crippen molar-refractivity contribution in [2.45, 2.75) is 19.1 Å². The first-order valence-corrected chi connectivity index (χ1v) is 5.96. The quantitative estimate of drug-likeness (QED) is 0.766. The van der Waals surface area contributed by atoms with Crippen molar-refractivity contribution in [3.05, 3.63) is 34.3 Å². The van der Waals surface area contributed by atoms with E-state index in [1.54, 1.807) is 0 Å². The van der Waals surface area contributed by atoms with Gasteiger partial charge in [-0.1, -0.05) is 41.1 Å². The van der Waals surface area contributed by atoms with Gasteiger partial charge in [-0.15, -0.1) is 0 Å². The van der Waals surface area contributed by atoms with Gasteiger partial charge in [0.25, 0.3) is 0 Å². The van der Waals surface area contributed by atoms with Crippen LogP contribution in [0.25, 0.3) is 0 Å². The predicted octanol–water partition coefficient (Wildman–Crippen LogP) is 4.26. The topological polar surface area (TPSA) is 0 Å². The molecular formula is C10H13BrS. The SMILES string of the molecule is CCS[C@H](C)c1ccccc1Br. The lowest BCUT2D eigenvalue weighted by Gasteiger charge is -2.11. The van der Waals surface area contributed by atoms with Crippen LogP contribution in [0.4, 0.5) is 0 Å². The van der Waals surface area contributed by atoms with Crippen molar-refractivity contribution in [3.63, 3.8) is 0 Å². The molecule has 1 aromatic rings. The van der Waals surface area contributed by atoms with Gasteiger partial charge in [0, 0.05) is 9.72 Å². The van der Waals surface area contributed by atoms with Crippen LogP contribution in [0.15, 0.2) is 28.7 Å². The van der Waals surface area contributed by atoms with Crippen molar-refractivity contribution in [2.24, 2.45) is 0 Å². The van der Waals surface area contributed by atoms with E-state index in [2.05, 4.69) is 54.0 Å². The molecule has 0 spiro atoms. The number of halogens is 1. The third-order valence-electron chi connectivity index (χ3n) is 1.76. The van der Waals surface area contributed by atoms with Crippen molar-refractivity contribution < 1.29 is 0 Å². The molecule has 0 bridgehead atoms. The maximum absolute atomic E-state index is 3.55. The first kappa shape index (κ1) is 10.1. The molecule has 1 rings (SSSR count). The Balaban J connectivity index is 2.79. The second kappa shape index (κ2) is 4.93. The van der Waals surface area contributed by atoms with Crippen molar-refractivity contribution in [3.8, 4) is 0 Å². The van der Waals surface area contributed by atoms with E-state index < -0.39 is 0 Å². The largest absolute Gasteiger partial charge is 0.154 e. The van der Waals surface area contributed by atoms with E-state index in [-0.39, 0.29) is 0 Å². The molecule has 2 heteroatoms. The van der Waals surface area contributed by atoms with Crippen LogP contribution in [-0.4, -0.2) is 5.75 Å². The minimum Gasteiger partial charge on any atom is -0.154 e. The maximum Gasteiger partial charge on any atom is 0.0280 e. The van der Waals surface area contributed by atoms with Crippen LogP contribution in [0.5, 0.6) is 0 Å². The smallest absolute Gasteiger partial charge is 0.0280 e. The summed E-state index contributed by atoms with van der Waals surface area (Å²) in [4.78, 5) is 0. The van der Waals surface area contributed by atoms with E-state index in [1.165, 1.54) is 15.8 Å². The van der Waals surface area contributed by atoms with Gasteiger partial charge in [-0.2, -0.15) is 11.8 Å². The third-order valence-corrected chi connectivity index (χ3v) is 3.57. The van der Waals surface area contributed by atoms with Gasteiger partial charge in [0.1, 0.15) is 0 Å². The van der Waals surface area contributed by atoms with E-state index >= 15 is 0 Å². The summed E-state index contributed by atoms with van der Waals surface area (Å²) in [5, 5.41) is 0.588. The molecule has 0 aliphatic rings. The normalized spacial score (nSPS) is 12.9. The molecule has 0 saturated heterocycles. The summed E-state index contributed by atoms with van der Waals surface area (Å²) in [5.74, 6) is 1.17. The van der Waals surface area contributed by atoms with Gasteiger partial charge in [0.15, 0.2) is 0 Å². The summed E-state index contributed by atoms with van der Waals surface area (Å²) in [7, 11) is 0. The highest BCUT2D eigenvalue weighted by Gasteiger charge is 2.06. The highest BCUT2D eigenvalue weighted by atomic mass is 79.9. The standard InChI is InChI=1S/C10H13BrS/c1-3-12-8(2)9-6-4-5-7-10(9)11/h4-8H,3H2,1-2H3/t8-/m1/s1. The lowest BCUT2D eigenvalue weighted by atomic mass is 10.2. The molecule has 0 heterocycles. The Morgan fingerprint density at radius 3 is 2.67 bits per heavy atom. The number of benzene rings is 1. The second-order valence-electron chi connectivity index (χ2n) is 2.62. The Labute approximate surface area is 86.9 Å². The third kappa shape index (κ3) is 2.53. The summed E-state index contributed by atoms with van der Waals surface area (Å²) in [5.41, 5.74) is 1.39. The molecule has 1 aromatic carbocycles. The summed E-state index contributed by atoms with van der Waals surface area (Å²) >= 11 is 5.52. The first-order chi connectivity index (χ1) is 5.75. The van der Waals surface area contributed by atoms with Gasteiger partial charge in [-0.05, 0) is 24.3 Å². The average Bonchev–Trinajstić information content (AvgIpc) is 2.05. The number of hydrogen-bond acceptors (Lipinski definition) is 1. The van der Waals surface area contributed by atoms with Crippen molar-refractivity contribution >= 4 is 27.7 Å². The molecule has 0 aliphatic carbocycles. The fraction of sp³-hybridized carbons (Fsp3) is 0.400. The van der Waals surface area contributed by atoms with Crippen molar-refractivity contribution in [1.82, 2.24) is 0 Å². The minimum atomic E-state index is 0.588. The van der Waals surface area contributed by atoms with Crippen LogP contribution < -0.4 is 0 Å². The molecule has 0 saturated carbocycles. The van der Waals surface area contributed by atoms with Crippen LogP contribution in [0.2, 0.25) is 0 Å². The molecule has 0 aliphatic heterocycles. The molecule has 1 atom stereocenters. The number of thioether (sulfide) groups is 1. The first-order valence-electron chi connectivity index (χ1n) is 4.11. The van der Waals surface area contributed by atoms with Crippen molar-refractivity contribution in [2.75, 3.05) is 5.75 Å². The van der Waals surface area contributed by atoms with Gasteiger partial charge < -0.3 is 0 Å². The molecule has 0 fully saturated rings. The molecule has 0 aromatic heterocycles. The second-order valence-corrected chi connectivity index (χ2v) is 5.09. The highest BCUT2D eigenvalue weighted by Crippen LogP contribution is 2.32. The summed E-state index contributed by atoms with van der Waals surface area (Å²) < 4.78 is 1.22. The summed E-state index contributed by atoms with van der Waals surface area (Å²) in [6.45, 7) is 4.44. The van der Waals surface area contributed by atoms with E-state index in [0.29, 0.717) is 5.25 Å². The number of rotatable bonds is 3. The van der Waals surface area contributed by atoms with Gasteiger partial charge in [-0.3, -0.25) is 0 Å². The van der Waals surface area contributed by atoms with Crippen LogP contribution in [0.1, 0.15) is 24.7 Å². The lowest BCUT2D eigenvalue weighted by Crippen LogP contribution is -1.89. The molecule has 0 unspecified atom stereocenters. The fourth-order valence-corrected chi connectivity index (χ4v) is 2.81. The van der Waals surface area contributed by atoms with Crippen LogP contribution in [0, 0.1) is 0 Å². The summed E-state index contributed by atoms with van der Waals surface area (Å²) in [6, 6.07) is 8.42. The molecule has 0 amide bonds. The van der Waals surface area contributed by atoms with Gasteiger partial charge in [0.05, 0.1) is 0 Å². The van der Waals surface area contributed by atoms with Crippen LogP contribution in [-0.2, 0) is 0 Å². The molecule has 0 radical (unpaired) electrons. The Kier molecular flexibility index (Phi) is 4.16. The van der Waals surface area contributed by atoms with Gasteiger partial charge in [-0.25, -0.2) is 0 Å². The monoisotopic (exact) mass is 244 g/mol. The lowest BCUT2D eigenvalue weighted by molar-refractivity contribution is 1.09. The Hall–Kier alpha value is 0.0500. The average molecular weight is 245 g/mol. The van der Waals surface area contributed by atoms with E-state index in [4.69, 9.17) is 0 Å². The highest BCUT2D eigenvalue weighted by molar-refractivity contribution is 9.10. The molecule has 0 N–H and O–H groups in total. The summed E-state index contributed by atoms with van der Waals surface area (Å²) in [6.07, 6.45) is 0. The maximum atomic E-state index is 3.55. The Morgan fingerprint density at radius 2 is 2.08 bits per heavy atom. The Bertz CT molecular complexity index is 247. The van der Waals surface area contributed by atoms with E-state index in [1.807, 2.05) is 11.8 Å². The molecule has 66 valence electrons. The van der Waals surface area contributed by atoms with Gasteiger partial charge >= 0.3 is 0 Å². The fourth-order valence-electron chi connectivity index (χ4n) is 1.14. The zero-order chi connectivity index (χ0) is 8.97. The van der Waals surface area contributed by atoms with E-state index in [9.17, 15) is 0 Å². The van der Waals surface area contributed by atoms with Gasteiger partial charge in [0.2, 0.25) is 0 Å². The van der Waals surface area contributed by atoms with Crippen molar-refractivity contribution in [1.29, 1.82) is 0 Å². The zero-order valence-corrected chi connectivity index (χ0v) is 9.78. The zero-order valence-electron chi connectivity index (χ0n) is 7.38. The van der Waals surface area contributed by atoms with Crippen LogP contribution in [0.3, 0.4) is 0 Å². The predicted molar refractivity (Wildman–Crippen MR) is 60.7 cm³/mol. The minimum absolute atomic E-state index is 0.588. The van der Waals surface area contributed by atoms with E-state index in [0.717, 1.165) is 0 Å². The molecule has 12 heavy (non-hydrogen) atoms. The number of hydrogen-bond donors (Lipinski definition) is 0. The Morgan fingerprint density at radius 1 is 1.42 bits per heavy atom. The molecular weight excluding hydrogens is 232 g/mol. The van der Waals surface area contributed by atoms with Crippen LogP contribution >= 0.6 is 27.7 Å².